The normalized spacial score (nSPS) is 14.5. The van der Waals surface area contributed by atoms with Crippen LogP contribution >= 0.6 is 11.8 Å². The minimum absolute atomic E-state index is 0.125. The van der Waals surface area contributed by atoms with Crippen LogP contribution in [0.3, 0.4) is 0 Å². The highest BCUT2D eigenvalue weighted by Crippen LogP contribution is 2.50. The van der Waals surface area contributed by atoms with Gasteiger partial charge in [-0.3, -0.25) is 19.6 Å². The summed E-state index contributed by atoms with van der Waals surface area (Å²) in [6.07, 6.45) is 20.2. The quantitative estimate of drug-likeness (QED) is 0.0323. The van der Waals surface area contributed by atoms with Gasteiger partial charge in [0.05, 0.1) is 12.3 Å². The first-order chi connectivity index (χ1) is 40.9. The van der Waals surface area contributed by atoms with Crippen LogP contribution in [-0.4, -0.2) is 246 Å². The SMILES string of the molecule is CCO[Si](CCCN(C)C(N(C)CCC[Si](OCC)OCC)C(C)(CCCCCCCC[Si](OC)(OC)OC)SC(C)(CCCCCCCC[Si](OC)(OC)OC)C(N(C)CCC[Si](OCC)OCC)N(C)CCC[Si](OCC)OCC)OCC. The Labute approximate surface area is 537 Å². The third-order valence-electron chi connectivity index (χ3n) is 15.9. The lowest BCUT2D eigenvalue weighted by Crippen LogP contribution is -2.62. The van der Waals surface area contributed by atoms with Gasteiger partial charge in [0.25, 0.3) is 0 Å². The van der Waals surface area contributed by atoms with Gasteiger partial charge in [-0.25, -0.2) is 0 Å². The first-order valence-corrected chi connectivity index (χ1v) is 43.9. The molecule has 85 heavy (non-hydrogen) atoms. The van der Waals surface area contributed by atoms with Crippen molar-refractivity contribution in [3.8, 4) is 0 Å². The standard InChI is InChI=1S/C60H134N4O14SSi6/c1-21-71-80(72-22-2)51-41-47-61(11)57(62(12)48-42-52-81(73-23-3)74-24-4)59(9,45-37-33-29-31-35-39-55-84(65-15,66-16)67-17)79-60(10,46-38-34-30-32-36-40-56-85(68-18,69-19)70-20)58(63(13)49-43-53-82(75-25-5)76-26-6)64(14)50-44-54-83(77-27-7)78-28-8/h57-58H,21-56H2,1-20H3. The molecule has 0 aromatic carbocycles. The van der Waals surface area contributed by atoms with Crippen molar-refractivity contribution < 1.29 is 62.0 Å². The average molecular weight is 1340 g/mol. The number of hydrogen-bond acceptors (Lipinski definition) is 19. The zero-order chi connectivity index (χ0) is 63.8. The summed E-state index contributed by atoms with van der Waals surface area (Å²) in [6, 6.07) is 5.46. The molecule has 0 fully saturated rings. The molecule has 508 valence electrons. The molecule has 0 aromatic heterocycles. The molecular weight excluding hydrogens is 1200 g/mol. The first-order valence-electron chi connectivity index (χ1n) is 33.2. The molecule has 18 nitrogen and oxygen atoms in total. The Morgan fingerprint density at radius 1 is 0.318 bits per heavy atom. The van der Waals surface area contributed by atoms with Crippen molar-refractivity contribution in [2.75, 3.05) is 150 Å². The lowest BCUT2D eigenvalue weighted by molar-refractivity contribution is 0.0382. The molecular formula is C60H134N4O14SSi6. The zero-order valence-corrected chi connectivity index (χ0v) is 65.3. The van der Waals surface area contributed by atoms with Crippen LogP contribution in [0.2, 0.25) is 36.3 Å². The summed E-state index contributed by atoms with van der Waals surface area (Å²) in [5, 5.41) is 0. The number of nitrogens with zero attached hydrogens (tertiary/aromatic N) is 4. The lowest BCUT2D eigenvalue weighted by Gasteiger charge is -2.54. The molecule has 0 heterocycles. The Morgan fingerprint density at radius 3 is 0.718 bits per heavy atom. The van der Waals surface area contributed by atoms with Crippen LogP contribution < -0.4 is 0 Å². The van der Waals surface area contributed by atoms with Crippen LogP contribution in [0.15, 0.2) is 0 Å². The van der Waals surface area contributed by atoms with Gasteiger partial charge in [-0.1, -0.05) is 64.2 Å². The maximum atomic E-state index is 6.22. The van der Waals surface area contributed by atoms with E-state index in [1.165, 1.54) is 38.5 Å². The fraction of sp³-hybridized carbons (Fsp3) is 1.00. The molecule has 25 heteroatoms. The molecule has 2 unspecified atom stereocenters. The summed E-state index contributed by atoms with van der Waals surface area (Å²) in [5.41, 5.74) is 0. The molecule has 0 aromatic rings. The summed E-state index contributed by atoms with van der Waals surface area (Å²) in [5.74, 6) is 0. The monoisotopic (exact) mass is 1330 g/mol. The molecule has 0 saturated carbocycles. The molecule has 0 aliphatic carbocycles. The van der Waals surface area contributed by atoms with Crippen LogP contribution in [0, 0.1) is 0 Å². The molecule has 2 atom stereocenters. The second-order valence-corrected chi connectivity index (χ2v) is 38.1. The van der Waals surface area contributed by atoms with E-state index in [0.717, 1.165) is 139 Å². The van der Waals surface area contributed by atoms with Crippen LogP contribution in [-0.2, 0) is 62.0 Å². The van der Waals surface area contributed by atoms with E-state index in [1.807, 2.05) is 0 Å². The van der Waals surface area contributed by atoms with Crippen molar-refractivity contribution >= 4 is 66.5 Å². The average Bonchev–Trinajstić information content (AvgIpc) is 1.30. The molecule has 0 amide bonds. The minimum atomic E-state index is -2.60. The number of thioether (sulfide) groups is 1. The van der Waals surface area contributed by atoms with Gasteiger partial charge in [-0.2, -0.15) is 0 Å². The molecule has 0 rings (SSSR count). The lowest BCUT2D eigenvalue weighted by atomic mass is 9.94. The molecule has 0 aliphatic heterocycles. The van der Waals surface area contributed by atoms with Crippen molar-refractivity contribution in [1.29, 1.82) is 0 Å². The Bertz CT molecular complexity index is 1310. The van der Waals surface area contributed by atoms with Gasteiger partial charge < -0.3 is 62.0 Å². The summed E-state index contributed by atoms with van der Waals surface area (Å²) >= 11 is 2.30. The molecule has 0 N–H and O–H groups in total. The molecule has 4 radical (unpaired) electrons. The highest BCUT2D eigenvalue weighted by molar-refractivity contribution is 8.02. The summed E-state index contributed by atoms with van der Waals surface area (Å²) in [4.78, 5) is 10.8. The van der Waals surface area contributed by atoms with E-state index >= 15 is 0 Å². The van der Waals surface area contributed by atoms with E-state index in [0.29, 0.717) is 52.9 Å². The second-order valence-electron chi connectivity index (χ2n) is 22.6. The predicted octanol–water partition coefficient (Wildman–Crippen LogP) is 12.6. The highest BCUT2D eigenvalue weighted by Gasteiger charge is 2.49. The summed E-state index contributed by atoms with van der Waals surface area (Å²) in [7, 11) is 9.21. The Hall–Kier alpha value is 0.931. The summed E-state index contributed by atoms with van der Waals surface area (Å²) in [6.45, 7) is 31.2. The van der Waals surface area contributed by atoms with Gasteiger partial charge in [0, 0.05) is 117 Å². The highest BCUT2D eigenvalue weighted by atomic mass is 32.2. The van der Waals surface area contributed by atoms with Gasteiger partial charge >= 0.3 is 54.7 Å². The molecule has 0 spiro atoms. The second kappa shape index (κ2) is 53.3. The molecule has 0 aliphatic rings. The fourth-order valence-corrected chi connectivity index (χ4v) is 24.0. The van der Waals surface area contributed by atoms with Gasteiger partial charge in [-0.05, 0) is 199 Å². The Balaban J connectivity index is 7.99. The number of unbranched alkanes of at least 4 members (excludes halogenated alkanes) is 10. The Kier molecular flexibility index (Phi) is 53.9. The van der Waals surface area contributed by atoms with Crippen molar-refractivity contribution in [3.63, 3.8) is 0 Å². The van der Waals surface area contributed by atoms with E-state index < -0.39 is 54.7 Å². The fourth-order valence-electron chi connectivity index (χ4n) is 12.1. The van der Waals surface area contributed by atoms with E-state index in [1.54, 1.807) is 42.7 Å². The largest absolute Gasteiger partial charge is 0.500 e. The zero-order valence-electron chi connectivity index (χ0n) is 58.5. The Morgan fingerprint density at radius 2 is 0.518 bits per heavy atom. The maximum absolute atomic E-state index is 6.22. The van der Waals surface area contributed by atoms with Crippen molar-refractivity contribution in [3.05, 3.63) is 0 Å². The third kappa shape index (κ3) is 36.3. The van der Waals surface area contributed by atoms with Gasteiger partial charge in [-0.15, -0.1) is 11.8 Å². The van der Waals surface area contributed by atoms with Crippen LogP contribution in [0.5, 0.6) is 0 Å². The molecule has 0 bridgehead atoms. The maximum Gasteiger partial charge on any atom is 0.500 e. The van der Waals surface area contributed by atoms with Gasteiger partial charge in [0.2, 0.25) is 0 Å². The van der Waals surface area contributed by atoms with E-state index in [-0.39, 0.29) is 21.8 Å². The van der Waals surface area contributed by atoms with Crippen LogP contribution in [0.25, 0.3) is 0 Å². The topological polar surface area (TPSA) is 142 Å². The van der Waals surface area contributed by atoms with E-state index in [2.05, 4.69) is 129 Å². The first kappa shape index (κ1) is 85.9. The van der Waals surface area contributed by atoms with Crippen molar-refractivity contribution in [2.45, 2.75) is 243 Å². The van der Waals surface area contributed by atoms with Gasteiger partial charge in [0.1, 0.15) is 0 Å². The number of hydrogen-bond donors (Lipinski definition) is 0. The van der Waals surface area contributed by atoms with E-state index in [4.69, 9.17) is 62.0 Å². The van der Waals surface area contributed by atoms with E-state index in [9.17, 15) is 0 Å². The smallest absolute Gasteiger partial charge is 0.394 e. The predicted molar refractivity (Wildman–Crippen MR) is 364 cm³/mol. The van der Waals surface area contributed by atoms with Crippen LogP contribution in [0.4, 0.5) is 0 Å². The minimum Gasteiger partial charge on any atom is -0.394 e. The van der Waals surface area contributed by atoms with Gasteiger partial charge in [0.15, 0.2) is 0 Å². The van der Waals surface area contributed by atoms with Crippen LogP contribution in [0.1, 0.15) is 185 Å². The number of rotatable bonds is 64. The summed E-state index contributed by atoms with van der Waals surface area (Å²) < 4.78 is 84.0. The van der Waals surface area contributed by atoms with Crippen molar-refractivity contribution in [1.82, 2.24) is 19.6 Å². The third-order valence-corrected chi connectivity index (χ3v) is 31.3. The molecule has 0 saturated heterocycles. The van der Waals surface area contributed by atoms with Crippen molar-refractivity contribution in [2.24, 2.45) is 0 Å².